The smallest absolute Gasteiger partial charge is 0.335 e. The number of nitrogens with zero attached hydrogens (tertiary/aromatic N) is 4. The molecule has 0 bridgehead atoms. The zero-order chi connectivity index (χ0) is 24.9. The highest BCUT2D eigenvalue weighted by atomic mass is 16.5. The van der Waals surface area contributed by atoms with Gasteiger partial charge in [-0.2, -0.15) is 5.10 Å². The molecule has 1 saturated carbocycles. The van der Waals surface area contributed by atoms with Crippen molar-refractivity contribution in [1.29, 1.82) is 0 Å². The van der Waals surface area contributed by atoms with Crippen LogP contribution in [0.3, 0.4) is 0 Å². The molecule has 36 heavy (non-hydrogen) atoms. The molecule has 1 atom stereocenters. The number of benzene rings is 1. The topological polar surface area (TPSA) is 99.4 Å². The average Bonchev–Trinajstić information content (AvgIpc) is 3.61. The number of ether oxygens (including phenoxy) is 2. The summed E-state index contributed by atoms with van der Waals surface area (Å²) in [5.41, 5.74) is 3.92. The molecule has 3 heterocycles. The first kappa shape index (κ1) is 23.5. The van der Waals surface area contributed by atoms with Crippen molar-refractivity contribution >= 4 is 5.97 Å². The maximum absolute atomic E-state index is 11.2. The molecule has 0 aliphatic heterocycles. The molecule has 0 saturated heterocycles. The van der Waals surface area contributed by atoms with Crippen LogP contribution in [0.15, 0.2) is 73.3 Å². The molecular formula is C28H28N4O4. The molecule has 1 aliphatic carbocycles. The van der Waals surface area contributed by atoms with Gasteiger partial charge in [-0.05, 0) is 79.6 Å². The fourth-order valence-electron chi connectivity index (χ4n) is 4.61. The van der Waals surface area contributed by atoms with E-state index in [0.29, 0.717) is 18.1 Å². The third-order valence-electron chi connectivity index (χ3n) is 6.55. The number of carboxylic acids is 1. The Morgan fingerprint density at radius 3 is 2.56 bits per heavy atom. The maximum atomic E-state index is 11.2. The fraction of sp³-hybridized carbons (Fsp3) is 0.286. The molecule has 1 N–H and O–H groups in total. The summed E-state index contributed by atoms with van der Waals surface area (Å²) < 4.78 is 13.7. The van der Waals surface area contributed by atoms with E-state index in [4.69, 9.17) is 14.6 Å². The summed E-state index contributed by atoms with van der Waals surface area (Å²) in [7, 11) is 1.60. The van der Waals surface area contributed by atoms with E-state index >= 15 is 0 Å². The summed E-state index contributed by atoms with van der Waals surface area (Å²) in [6.07, 6.45) is 12.6. The van der Waals surface area contributed by atoms with Crippen molar-refractivity contribution in [2.75, 3.05) is 7.11 Å². The number of hydrogen-bond acceptors (Lipinski definition) is 6. The second kappa shape index (κ2) is 10.6. The number of hydrogen-bond donors (Lipinski definition) is 1. The molecule has 1 aliphatic rings. The maximum Gasteiger partial charge on any atom is 0.335 e. The van der Waals surface area contributed by atoms with E-state index in [-0.39, 0.29) is 17.7 Å². The van der Waals surface area contributed by atoms with E-state index in [1.807, 2.05) is 41.3 Å². The number of carboxylic acid groups (broad SMARTS) is 1. The first-order valence-electron chi connectivity index (χ1n) is 12.1. The van der Waals surface area contributed by atoms with Gasteiger partial charge in [-0.25, -0.2) is 9.78 Å². The van der Waals surface area contributed by atoms with Crippen LogP contribution in [-0.2, 0) is 6.42 Å². The second-order valence-corrected chi connectivity index (χ2v) is 8.94. The summed E-state index contributed by atoms with van der Waals surface area (Å²) in [6.45, 7) is 0. The Bertz CT molecular complexity index is 1320. The van der Waals surface area contributed by atoms with Gasteiger partial charge in [0.05, 0.1) is 30.5 Å². The molecule has 0 spiro atoms. The van der Waals surface area contributed by atoms with E-state index in [9.17, 15) is 9.90 Å². The van der Waals surface area contributed by atoms with Crippen molar-refractivity contribution in [1.82, 2.24) is 19.7 Å². The van der Waals surface area contributed by atoms with Gasteiger partial charge in [0.1, 0.15) is 0 Å². The summed E-state index contributed by atoms with van der Waals surface area (Å²) >= 11 is 0. The Balaban J connectivity index is 1.49. The van der Waals surface area contributed by atoms with E-state index in [1.54, 1.807) is 43.8 Å². The standard InChI is InChI=1S/C28H28N4O4/c1-35-27-26(36-23-4-2-3-5-23)17-22(18-30-27)25(16-19-10-13-29-14-11-19)32-15-12-24(31-32)20-6-8-21(9-7-20)28(33)34/h6-15,17-18,23,25H,2-5,16H2,1H3,(H,33,34). The van der Waals surface area contributed by atoms with Gasteiger partial charge in [0, 0.05) is 30.4 Å². The molecule has 1 aromatic carbocycles. The Morgan fingerprint density at radius 2 is 1.86 bits per heavy atom. The largest absolute Gasteiger partial charge is 0.485 e. The Morgan fingerprint density at radius 1 is 1.11 bits per heavy atom. The molecule has 8 nitrogen and oxygen atoms in total. The highest BCUT2D eigenvalue weighted by Crippen LogP contribution is 2.34. The summed E-state index contributed by atoms with van der Waals surface area (Å²) in [6, 6.07) is 14.5. The van der Waals surface area contributed by atoms with Gasteiger partial charge in [0.25, 0.3) is 5.88 Å². The zero-order valence-electron chi connectivity index (χ0n) is 20.1. The third kappa shape index (κ3) is 5.22. The van der Waals surface area contributed by atoms with Crippen molar-refractivity contribution in [3.8, 4) is 22.9 Å². The van der Waals surface area contributed by atoms with Gasteiger partial charge in [0.15, 0.2) is 5.75 Å². The third-order valence-corrected chi connectivity index (χ3v) is 6.55. The minimum atomic E-state index is -0.952. The van der Waals surface area contributed by atoms with Crippen LogP contribution in [0.4, 0.5) is 0 Å². The number of carbonyl (C=O) groups is 1. The molecule has 8 heteroatoms. The lowest BCUT2D eigenvalue weighted by Gasteiger charge is -2.21. The predicted molar refractivity (Wildman–Crippen MR) is 134 cm³/mol. The van der Waals surface area contributed by atoms with Crippen molar-refractivity contribution in [3.63, 3.8) is 0 Å². The summed E-state index contributed by atoms with van der Waals surface area (Å²) in [5, 5.41) is 14.0. The zero-order valence-corrected chi connectivity index (χ0v) is 20.1. The van der Waals surface area contributed by atoms with E-state index in [1.165, 1.54) is 12.8 Å². The number of methoxy groups -OCH3 is 1. The fourth-order valence-corrected chi connectivity index (χ4v) is 4.61. The lowest BCUT2D eigenvalue weighted by molar-refractivity contribution is 0.0697. The number of rotatable bonds is 9. The molecular weight excluding hydrogens is 456 g/mol. The van der Waals surface area contributed by atoms with Crippen LogP contribution in [-0.4, -0.2) is 44.0 Å². The van der Waals surface area contributed by atoms with Crippen LogP contribution in [0.2, 0.25) is 0 Å². The van der Waals surface area contributed by atoms with Crippen molar-refractivity contribution in [2.24, 2.45) is 0 Å². The van der Waals surface area contributed by atoms with E-state index in [0.717, 1.165) is 35.2 Å². The van der Waals surface area contributed by atoms with Crippen LogP contribution >= 0.6 is 0 Å². The van der Waals surface area contributed by atoms with Crippen LogP contribution in [0.5, 0.6) is 11.6 Å². The first-order chi connectivity index (χ1) is 17.6. The van der Waals surface area contributed by atoms with E-state index in [2.05, 4.69) is 9.97 Å². The average molecular weight is 485 g/mol. The SMILES string of the molecule is COc1ncc(C(Cc2ccncc2)n2ccc(-c3ccc(C(=O)O)cc3)n2)cc1OC1CCCC1. The van der Waals surface area contributed by atoms with Crippen LogP contribution in [0, 0.1) is 0 Å². The molecule has 1 unspecified atom stereocenters. The minimum absolute atomic E-state index is 0.149. The molecule has 0 amide bonds. The first-order valence-corrected chi connectivity index (χ1v) is 12.1. The Kier molecular flexibility index (Phi) is 6.93. The van der Waals surface area contributed by atoms with Crippen molar-refractivity contribution in [2.45, 2.75) is 44.2 Å². The summed E-state index contributed by atoms with van der Waals surface area (Å²) in [5.74, 6) is 0.179. The molecule has 4 aromatic rings. The Labute approximate surface area is 209 Å². The van der Waals surface area contributed by atoms with Gasteiger partial charge < -0.3 is 14.6 Å². The summed E-state index contributed by atoms with van der Waals surface area (Å²) in [4.78, 5) is 19.9. The quantitative estimate of drug-likeness (QED) is 0.349. The molecule has 0 radical (unpaired) electrons. The highest BCUT2D eigenvalue weighted by molar-refractivity contribution is 5.88. The van der Waals surface area contributed by atoms with Crippen LogP contribution < -0.4 is 9.47 Å². The van der Waals surface area contributed by atoms with Gasteiger partial charge >= 0.3 is 5.97 Å². The van der Waals surface area contributed by atoms with Gasteiger partial charge in [-0.3, -0.25) is 9.67 Å². The molecule has 1 fully saturated rings. The minimum Gasteiger partial charge on any atom is -0.485 e. The molecule has 5 rings (SSSR count). The van der Waals surface area contributed by atoms with Crippen molar-refractivity contribution in [3.05, 3.63) is 90.0 Å². The van der Waals surface area contributed by atoms with Crippen LogP contribution in [0.25, 0.3) is 11.3 Å². The number of aromatic carboxylic acids is 1. The van der Waals surface area contributed by atoms with Crippen molar-refractivity contribution < 1.29 is 19.4 Å². The lowest BCUT2D eigenvalue weighted by Crippen LogP contribution is -2.16. The van der Waals surface area contributed by atoms with Gasteiger partial charge in [0.2, 0.25) is 0 Å². The Hall–Kier alpha value is -4.20. The van der Waals surface area contributed by atoms with E-state index < -0.39 is 5.97 Å². The predicted octanol–water partition coefficient (Wildman–Crippen LogP) is 5.20. The molecule has 3 aromatic heterocycles. The highest BCUT2D eigenvalue weighted by Gasteiger charge is 2.23. The monoisotopic (exact) mass is 484 g/mol. The number of pyridine rings is 2. The van der Waals surface area contributed by atoms with Gasteiger partial charge in [-0.15, -0.1) is 0 Å². The molecule has 184 valence electrons. The normalized spacial score (nSPS) is 14.5. The van der Waals surface area contributed by atoms with Gasteiger partial charge in [-0.1, -0.05) is 12.1 Å². The second-order valence-electron chi connectivity index (χ2n) is 8.94. The number of aromatic nitrogens is 4. The van der Waals surface area contributed by atoms with Crippen LogP contribution in [0.1, 0.15) is 53.2 Å². The lowest BCUT2D eigenvalue weighted by atomic mass is 10.0.